The normalized spacial score (nSPS) is 11.2. The Balaban J connectivity index is 1.65. The van der Waals surface area contributed by atoms with E-state index in [2.05, 4.69) is 20.6 Å². The van der Waals surface area contributed by atoms with Gasteiger partial charge in [0, 0.05) is 43.8 Å². The number of anilines is 1. The first-order valence-electron chi connectivity index (χ1n) is 10.6. The average Bonchev–Trinajstić information content (AvgIpc) is 3.30. The zero-order valence-electron chi connectivity index (χ0n) is 18.8. The quantitative estimate of drug-likeness (QED) is 0.399. The van der Waals surface area contributed by atoms with Gasteiger partial charge in [0.1, 0.15) is 12.3 Å². The highest BCUT2D eigenvalue weighted by atomic mass is 16.5. The molecule has 0 bridgehead atoms. The molecular formula is C24H30N6O2. The molecule has 0 aliphatic heterocycles. The van der Waals surface area contributed by atoms with Crippen LogP contribution in [0.3, 0.4) is 0 Å². The van der Waals surface area contributed by atoms with Crippen molar-refractivity contribution in [2.75, 3.05) is 26.0 Å². The van der Waals surface area contributed by atoms with E-state index < -0.39 is 0 Å². The van der Waals surface area contributed by atoms with Gasteiger partial charge < -0.3 is 20.3 Å². The first kappa shape index (κ1) is 22.9. The summed E-state index contributed by atoms with van der Waals surface area (Å²) in [6.45, 7) is 4.13. The van der Waals surface area contributed by atoms with E-state index in [1.807, 2.05) is 62.5 Å². The number of guanidine groups is 1. The molecule has 8 nitrogen and oxygen atoms in total. The van der Waals surface area contributed by atoms with Crippen molar-refractivity contribution in [3.8, 4) is 5.75 Å². The molecule has 2 N–H and O–H groups in total. The lowest BCUT2D eigenvalue weighted by Crippen LogP contribution is -2.38. The highest BCUT2D eigenvalue weighted by Gasteiger charge is 2.10. The van der Waals surface area contributed by atoms with Crippen LogP contribution < -0.4 is 15.4 Å². The molecule has 168 valence electrons. The second-order valence-electron chi connectivity index (χ2n) is 7.29. The largest absolute Gasteiger partial charge is 0.496 e. The van der Waals surface area contributed by atoms with Gasteiger partial charge in [0.25, 0.3) is 0 Å². The smallest absolute Gasteiger partial charge is 0.246 e. The van der Waals surface area contributed by atoms with Crippen LogP contribution in [0.2, 0.25) is 0 Å². The lowest BCUT2D eigenvalue weighted by Gasteiger charge is -2.23. The van der Waals surface area contributed by atoms with Gasteiger partial charge in [0.15, 0.2) is 5.96 Å². The Kier molecular flexibility index (Phi) is 8.25. The van der Waals surface area contributed by atoms with Gasteiger partial charge in [-0.2, -0.15) is 5.10 Å². The first-order valence-corrected chi connectivity index (χ1v) is 10.6. The molecule has 8 heteroatoms. The molecule has 1 aromatic heterocycles. The first-order chi connectivity index (χ1) is 15.6. The third kappa shape index (κ3) is 6.60. The fraction of sp³-hybridized carbons (Fsp3) is 0.292. The minimum atomic E-state index is -0.126. The number of aromatic nitrogens is 2. The Bertz CT molecular complexity index is 1030. The molecule has 0 radical (unpaired) electrons. The van der Waals surface area contributed by atoms with E-state index in [0.29, 0.717) is 13.1 Å². The van der Waals surface area contributed by atoms with E-state index in [4.69, 9.17) is 9.73 Å². The number of ether oxygens (including phenoxy) is 1. The second kappa shape index (κ2) is 11.5. The van der Waals surface area contributed by atoms with Gasteiger partial charge in [-0.05, 0) is 36.8 Å². The predicted molar refractivity (Wildman–Crippen MR) is 127 cm³/mol. The zero-order valence-corrected chi connectivity index (χ0v) is 18.8. The van der Waals surface area contributed by atoms with Crippen LogP contribution in [0.15, 0.2) is 72.0 Å². The number of benzene rings is 2. The van der Waals surface area contributed by atoms with Crippen LogP contribution in [-0.4, -0.2) is 47.2 Å². The summed E-state index contributed by atoms with van der Waals surface area (Å²) in [5.74, 6) is 1.53. The van der Waals surface area contributed by atoms with Crippen LogP contribution in [0.1, 0.15) is 18.1 Å². The molecule has 0 fully saturated rings. The van der Waals surface area contributed by atoms with Crippen molar-refractivity contribution in [1.82, 2.24) is 20.0 Å². The van der Waals surface area contributed by atoms with Crippen LogP contribution in [0.4, 0.5) is 5.69 Å². The third-order valence-corrected chi connectivity index (χ3v) is 4.78. The summed E-state index contributed by atoms with van der Waals surface area (Å²) in [5.41, 5.74) is 2.83. The number of carbonyl (C=O) groups is 1. The van der Waals surface area contributed by atoms with Crippen molar-refractivity contribution >= 4 is 17.6 Å². The van der Waals surface area contributed by atoms with Crippen molar-refractivity contribution in [2.45, 2.75) is 26.6 Å². The molecule has 0 saturated heterocycles. The van der Waals surface area contributed by atoms with Gasteiger partial charge in [-0.25, -0.2) is 4.99 Å². The molecule has 3 aromatic rings. The second-order valence-corrected chi connectivity index (χ2v) is 7.29. The van der Waals surface area contributed by atoms with Crippen LogP contribution in [0, 0.1) is 0 Å². The number of methoxy groups -OCH3 is 1. The molecule has 0 spiro atoms. The van der Waals surface area contributed by atoms with Crippen molar-refractivity contribution < 1.29 is 9.53 Å². The predicted octanol–water partition coefficient (Wildman–Crippen LogP) is 3.13. The van der Waals surface area contributed by atoms with Gasteiger partial charge >= 0.3 is 0 Å². The van der Waals surface area contributed by atoms with E-state index in [9.17, 15) is 4.79 Å². The Morgan fingerprint density at radius 1 is 1.19 bits per heavy atom. The molecule has 0 atom stereocenters. The number of hydrogen-bond acceptors (Lipinski definition) is 4. The number of amides is 1. The minimum Gasteiger partial charge on any atom is -0.496 e. The van der Waals surface area contributed by atoms with Crippen molar-refractivity contribution in [1.29, 1.82) is 0 Å². The lowest BCUT2D eigenvalue weighted by molar-refractivity contribution is -0.116. The summed E-state index contributed by atoms with van der Waals surface area (Å²) in [4.78, 5) is 19.1. The van der Waals surface area contributed by atoms with Crippen LogP contribution >= 0.6 is 0 Å². The van der Waals surface area contributed by atoms with Gasteiger partial charge in [-0.3, -0.25) is 9.48 Å². The molecule has 1 amide bonds. The molecule has 2 aromatic carbocycles. The van der Waals surface area contributed by atoms with Crippen LogP contribution in [0.25, 0.3) is 0 Å². The van der Waals surface area contributed by atoms with E-state index in [0.717, 1.165) is 35.1 Å². The Labute approximate surface area is 188 Å². The van der Waals surface area contributed by atoms with Gasteiger partial charge in [-0.15, -0.1) is 0 Å². The molecule has 0 aliphatic carbocycles. The maximum Gasteiger partial charge on any atom is 0.246 e. The number of nitrogens with one attached hydrogen (secondary N) is 2. The molecule has 0 saturated carbocycles. The van der Waals surface area contributed by atoms with Crippen LogP contribution in [0.5, 0.6) is 5.75 Å². The van der Waals surface area contributed by atoms with Crippen molar-refractivity contribution in [2.24, 2.45) is 4.99 Å². The minimum absolute atomic E-state index is 0.126. The fourth-order valence-corrected chi connectivity index (χ4v) is 3.29. The number of nitrogens with zero attached hydrogens (tertiary/aromatic N) is 4. The summed E-state index contributed by atoms with van der Waals surface area (Å²) < 4.78 is 7.05. The fourth-order valence-electron chi connectivity index (χ4n) is 3.29. The van der Waals surface area contributed by atoms with E-state index in [-0.39, 0.29) is 12.5 Å². The number of hydrogen-bond donors (Lipinski definition) is 2. The standard InChI is InChI=1S/C24H30N6O2/c1-4-25-24(29(2)17-20-10-5-6-12-22(20)32-3)26-16-19-9-7-11-21(15-19)28-23(31)18-30-14-8-13-27-30/h5-15H,4,16-18H2,1-3H3,(H,25,26)(H,28,31). The third-order valence-electron chi connectivity index (χ3n) is 4.78. The molecule has 0 aliphatic rings. The number of carbonyl (C=O) groups excluding carboxylic acids is 1. The summed E-state index contributed by atoms with van der Waals surface area (Å²) >= 11 is 0. The SMILES string of the molecule is CCNC(=NCc1cccc(NC(=O)Cn2cccn2)c1)N(C)Cc1ccccc1OC. The number of aliphatic imine (C=N–C) groups is 1. The van der Waals surface area contributed by atoms with Crippen molar-refractivity contribution in [3.05, 3.63) is 78.1 Å². The number of para-hydroxylation sites is 1. The maximum absolute atomic E-state index is 12.2. The summed E-state index contributed by atoms with van der Waals surface area (Å²) in [5, 5.41) is 10.3. The number of rotatable bonds is 9. The molecule has 0 unspecified atom stereocenters. The highest BCUT2D eigenvalue weighted by Crippen LogP contribution is 2.19. The molecule has 3 rings (SSSR count). The lowest BCUT2D eigenvalue weighted by atomic mass is 10.2. The topological polar surface area (TPSA) is 83.8 Å². The Morgan fingerprint density at radius 2 is 2.03 bits per heavy atom. The molecule has 1 heterocycles. The van der Waals surface area contributed by atoms with E-state index in [1.165, 1.54) is 0 Å². The Hall–Kier alpha value is -3.81. The molecule has 32 heavy (non-hydrogen) atoms. The Morgan fingerprint density at radius 3 is 2.78 bits per heavy atom. The summed E-state index contributed by atoms with van der Waals surface area (Å²) in [6.07, 6.45) is 3.41. The van der Waals surface area contributed by atoms with Crippen molar-refractivity contribution in [3.63, 3.8) is 0 Å². The highest BCUT2D eigenvalue weighted by molar-refractivity contribution is 5.90. The average molecular weight is 435 g/mol. The summed E-state index contributed by atoms with van der Waals surface area (Å²) in [7, 11) is 3.68. The molecular weight excluding hydrogens is 404 g/mol. The zero-order chi connectivity index (χ0) is 22.8. The van der Waals surface area contributed by atoms with E-state index in [1.54, 1.807) is 30.3 Å². The van der Waals surface area contributed by atoms with Gasteiger partial charge in [0.2, 0.25) is 5.91 Å². The van der Waals surface area contributed by atoms with E-state index >= 15 is 0 Å². The maximum atomic E-state index is 12.2. The summed E-state index contributed by atoms with van der Waals surface area (Å²) in [6, 6.07) is 17.5. The van der Waals surface area contributed by atoms with Gasteiger partial charge in [0.05, 0.1) is 13.7 Å². The van der Waals surface area contributed by atoms with Crippen LogP contribution in [-0.2, 0) is 24.4 Å². The monoisotopic (exact) mass is 434 g/mol. The van der Waals surface area contributed by atoms with Gasteiger partial charge in [-0.1, -0.05) is 30.3 Å².